The van der Waals surface area contributed by atoms with Gasteiger partial charge in [0.05, 0.1) is 24.6 Å². The summed E-state index contributed by atoms with van der Waals surface area (Å²) in [6.07, 6.45) is 3.78. The van der Waals surface area contributed by atoms with Crippen LogP contribution in [0.1, 0.15) is 31.2 Å². The Hall–Kier alpha value is -3.53. The van der Waals surface area contributed by atoms with Crippen molar-refractivity contribution in [3.63, 3.8) is 0 Å². The zero-order chi connectivity index (χ0) is 26.9. The Balaban J connectivity index is 1.52. The number of amides is 2. The lowest BCUT2D eigenvalue weighted by Gasteiger charge is -2.42. The second-order valence-electron chi connectivity index (χ2n) is 10.1. The second kappa shape index (κ2) is 9.04. The molecule has 0 aromatic heterocycles. The van der Waals surface area contributed by atoms with E-state index >= 15 is 0 Å². The predicted molar refractivity (Wildman–Crippen MR) is 148 cm³/mol. The maximum atomic E-state index is 13.9. The van der Waals surface area contributed by atoms with Crippen LogP contribution in [0.3, 0.4) is 0 Å². The number of allylic oxidation sites excluding steroid dienone is 6. The Kier molecular flexibility index (Phi) is 5.90. The molecule has 1 heterocycles. The van der Waals surface area contributed by atoms with E-state index in [0.29, 0.717) is 40.1 Å². The maximum absolute atomic E-state index is 13.9. The number of benzene rings is 2. The standard InChI is InChI=1S/C30H24INO6/c1-14-12-22(34)20-13-19-17(25(26(20)28(14)35)27-21(33)4-3-5-23(27)38-2)10-11-18-24(19)30(37)32(29(18)36)16-8-6-15(31)7-9-16/h3-10,12,18-19,24-25,33H,11,13H2,1-2H3/t18-,19+,24-,25-/m0/s1. The molecule has 1 saturated heterocycles. The summed E-state index contributed by atoms with van der Waals surface area (Å²) in [5, 5.41) is 11.0. The number of rotatable bonds is 3. The first-order chi connectivity index (χ1) is 18.2. The topological polar surface area (TPSA) is 101 Å². The van der Waals surface area contributed by atoms with E-state index in [1.54, 1.807) is 31.2 Å². The molecule has 1 aliphatic heterocycles. The van der Waals surface area contributed by atoms with Gasteiger partial charge in [-0.05, 0) is 90.7 Å². The lowest BCUT2D eigenvalue weighted by molar-refractivity contribution is -0.123. The van der Waals surface area contributed by atoms with Gasteiger partial charge in [-0.15, -0.1) is 0 Å². The molecule has 3 aliphatic carbocycles. The molecule has 0 unspecified atom stereocenters. The van der Waals surface area contributed by atoms with Gasteiger partial charge in [0.1, 0.15) is 11.5 Å². The highest BCUT2D eigenvalue weighted by Crippen LogP contribution is 2.57. The van der Waals surface area contributed by atoms with Crippen molar-refractivity contribution in [1.82, 2.24) is 0 Å². The fourth-order valence-electron chi connectivity index (χ4n) is 6.54. The van der Waals surface area contributed by atoms with E-state index in [1.807, 2.05) is 18.2 Å². The van der Waals surface area contributed by atoms with E-state index in [4.69, 9.17) is 4.74 Å². The van der Waals surface area contributed by atoms with Crippen LogP contribution in [0.5, 0.6) is 11.5 Å². The average Bonchev–Trinajstić information content (AvgIpc) is 3.16. The molecule has 0 spiro atoms. The number of halogens is 1. The number of hydrogen-bond acceptors (Lipinski definition) is 6. The summed E-state index contributed by atoms with van der Waals surface area (Å²) in [6.45, 7) is 1.61. The number of methoxy groups -OCH3 is 1. The van der Waals surface area contributed by atoms with Crippen molar-refractivity contribution < 1.29 is 29.0 Å². The number of phenols is 1. The number of aromatic hydroxyl groups is 1. The highest BCUT2D eigenvalue weighted by atomic mass is 127. The zero-order valence-corrected chi connectivity index (χ0v) is 22.9. The quantitative estimate of drug-likeness (QED) is 0.232. The summed E-state index contributed by atoms with van der Waals surface area (Å²) in [4.78, 5) is 55.5. The van der Waals surface area contributed by atoms with Crippen molar-refractivity contribution in [2.75, 3.05) is 12.0 Å². The molecule has 1 N–H and O–H groups in total. The van der Waals surface area contributed by atoms with Gasteiger partial charge in [0, 0.05) is 31.8 Å². The van der Waals surface area contributed by atoms with Crippen LogP contribution in [-0.4, -0.2) is 35.6 Å². The Morgan fingerprint density at radius 1 is 1.00 bits per heavy atom. The summed E-state index contributed by atoms with van der Waals surface area (Å²) in [5.41, 5.74) is 2.67. The largest absolute Gasteiger partial charge is 0.507 e. The Morgan fingerprint density at radius 2 is 1.74 bits per heavy atom. The molecule has 1 fully saturated rings. The van der Waals surface area contributed by atoms with Crippen molar-refractivity contribution >= 4 is 51.7 Å². The van der Waals surface area contributed by atoms with Gasteiger partial charge in [0.15, 0.2) is 11.6 Å². The number of ketones is 2. The van der Waals surface area contributed by atoms with E-state index in [9.17, 15) is 24.3 Å². The summed E-state index contributed by atoms with van der Waals surface area (Å²) >= 11 is 2.17. The molecule has 7 nitrogen and oxygen atoms in total. The Morgan fingerprint density at radius 3 is 2.45 bits per heavy atom. The number of Topliss-reactive ketones (excluding diaryl/α,β-unsaturated/α-hetero) is 1. The van der Waals surface area contributed by atoms with E-state index in [0.717, 1.165) is 9.14 Å². The van der Waals surface area contributed by atoms with E-state index in [2.05, 4.69) is 22.6 Å². The molecule has 4 aliphatic rings. The summed E-state index contributed by atoms with van der Waals surface area (Å²) in [7, 11) is 1.48. The van der Waals surface area contributed by atoms with Crippen molar-refractivity contribution in [2.45, 2.75) is 25.7 Å². The van der Waals surface area contributed by atoms with Crippen molar-refractivity contribution in [3.8, 4) is 11.5 Å². The second-order valence-corrected chi connectivity index (χ2v) is 11.4. The number of carbonyl (C=O) groups is 4. The van der Waals surface area contributed by atoms with Crippen LogP contribution >= 0.6 is 22.6 Å². The number of nitrogens with zero attached hydrogens (tertiary/aromatic N) is 1. The van der Waals surface area contributed by atoms with E-state index in [-0.39, 0.29) is 35.6 Å². The predicted octanol–water partition coefficient (Wildman–Crippen LogP) is 4.64. The number of anilines is 1. The van der Waals surface area contributed by atoms with Gasteiger partial charge in [-0.2, -0.15) is 0 Å². The van der Waals surface area contributed by atoms with Gasteiger partial charge in [-0.3, -0.25) is 24.1 Å². The third-order valence-corrected chi connectivity index (χ3v) is 8.92. The minimum atomic E-state index is -0.767. The van der Waals surface area contributed by atoms with Gasteiger partial charge < -0.3 is 9.84 Å². The smallest absolute Gasteiger partial charge is 0.238 e. The summed E-state index contributed by atoms with van der Waals surface area (Å²) in [5.74, 6) is -3.25. The molecule has 4 atom stereocenters. The SMILES string of the molecule is COc1cccc(O)c1[C@H]1C2=CC[C@@H]3C(=O)N(c4ccc(I)cc4)C(=O)[C@@H]3[C@@H]2CC2=C1C(=O)C(C)=CC2=O. The minimum absolute atomic E-state index is 0.0633. The normalized spacial score (nSPS) is 26.6. The average molecular weight is 621 g/mol. The van der Waals surface area contributed by atoms with Crippen molar-refractivity contribution in [3.05, 3.63) is 86.0 Å². The van der Waals surface area contributed by atoms with Gasteiger partial charge >= 0.3 is 0 Å². The molecule has 38 heavy (non-hydrogen) atoms. The molecular formula is C30H24INO6. The number of phenolic OH excluding ortho intramolecular Hbond substituents is 1. The maximum Gasteiger partial charge on any atom is 0.238 e. The lowest BCUT2D eigenvalue weighted by Crippen LogP contribution is -2.40. The van der Waals surface area contributed by atoms with Gasteiger partial charge in [0.2, 0.25) is 11.8 Å². The summed E-state index contributed by atoms with van der Waals surface area (Å²) in [6, 6.07) is 12.1. The summed E-state index contributed by atoms with van der Waals surface area (Å²) < 4.78 is 6.57. The fourth-order valence-corrected chi connectivity index (χ4v) is 6.90. The first kappa shape index (κ1) is 24.8. The van der Waals surface area contributed by atoms with Crippen LogP contribution in [0.2, 0.25) is 0 Å². The minimum Gasteiger partial charge on any atom is -0.507 e. The number of ether oxygens (including phenoxy) is 1. The molecule has 0 radical (unpaired) electrons. The molecule has 192 valence electrons. The molecule has 6 rings (SSSR count). The first-order valence-corrected chi connectivity index (χ1v) is 13.5. The van der Waals surface area contributed by atoms with Crippen LogP contribution in [0.4, 0.5) is 5.69 Å². The highest BCUT2D eigenvalue weighted by molar-refractivity contribution is 14.1. The van der Waals surface area contributed by atoms with Gasteiger partial charge in [0.25, 0.3) is 0 Å². The van der Waals surface area contributed by atoms with Crippen LogP contribution in [0.15, 0.2) is 76.9 Å². The van der Waals surface area contributed by atoms with Gasteiger partial charge in [-0.25, -0.2) is 0 Å². The number of imide groups is 1. The van der Waals surface area contributed by atoms with Crippen LogP contribution in [-0.2, 0) is 19.2 Å². The molecule has 0 bridgehead atoms. The number of carbonyl (C=O) groups excluding carboxylic acids is 4. The monoisotopic (exact) mass is 621 g/mol. The van der Waals surface area contributed by atoms with E-state index < -0.39 is 23.7 Å². The lowest BCUT2D eigenvalue weighted by atomic mass is 9.59. The molecule has 2 amide bonds. The third-order valence-electron chi connectivity index (χ3n) is 8.20. The van der Waals surface area contributed by atoms with Crippen LogP contribution in [0.25, 0.3) is 0 Å². The molecule has 0 saturated carbocycles. The van der Waals surface area contributed by atoms with Crippen LogP contribution < -0.4 is 9.64 Å². The Labute approximate surface area is 233 Å². The van der Waals surface area contributed by atoms with Crippen molar-refractivity contribution in [2.24, 2.45) is 17.8 Å². The first-order valence-electron chi connectivity index (χ1n) is 12.4. The molecule has 2 aromatic carbocycles. The van der Waals surface area contributed by atoms with Gasteiger partial charge in [-0.1, -0.05) is 17.7 Å². The van der Waals surface area contributed by atoms with Crippen molar-refractivity contribution in [1.29, 1.82) is 0 Å². The fraction of sp³-hybridized carbons (Fsp3) is 0.267. The number of fused-ring (bicyclic) bond motifs is 3. The third kappa shape index (κ3) is 3.53. The molecule has 8 heteroatoms. The zero-order valence-electron chi connectivity index (χ0n) is 20.7. The molecular weight excluding hydrogens is 597 g/mol. The number of hydrogen-bond donors (Lipinski definition) is 1. The van der Waals surface area contributed by atoms with E-state index in [1.165, 1.54) is 24.2 Å². The Bertz CT molecular complexity index is 1530. The van der Waals surface area contributed by atoms with Crippen LogP contribution in [0, 0.1) is 21.3 Å². The highest BCUT2D eigenvalue weighted by Gasteiger charge is 2.57. The molecule has 2 aromatic rings.